The van der Waals surface area contributed by atoms with Crippen molar-refractivity contribution >= 4 is 17.2 Å². The van der Waals surface area contributed by atoms with E-state index in [1.54, 1.807) is 17.4 Å². The van der Waals surface area contributed by atoms with E-state index >= 15 is 0 Å². The Labute approximate surface area is 130 Å². The first-order chi connectivity index (χ1) is 10.2. The van der Waals surface area contributed by atoms with Crippen molar-refractivity contribution in [3.8, 4) is 0 Å². The summed E-state index contributed by atoms with van der Waals surface area (Å²) >= 11 is 1.75. The minimum Gasteiger partial charge on any atom is -0.363 e. The van der Waals surface area contributed by atoms with Gasteiger partial charge in [-0.15, -0.1) is 6.58 Å². The third-order valence-corrected chi connectivity index (χ3v) is 5.17. The maximum Gasteiger partial charge on any atom is 0.248 e. The standard InChI is InChI=1S/C16H22N2O2S/c1-2-6-18-13-16(20-11-15(18)19)4-7-17(8-5-16)10-14-3-9-21-12-14/h2-3,9,12H,1,4-8,10-11,13H2. The van der Waals surface area contributed by atoms with Crippen LogP contribution >= 0.6 is 11.3 Å². The van der Waals surface area contributed by atoms with Crippen LogP contribution in [0.2, 0.25) is 0 Å². The summed E-state index contributed by atoms with van der Waals surface area (Å²) in [4.78, 5) is 16.2. The number of carbonyl (C=O) groups is 1. The molecule has 0 aliphatic carbocycles. The fraction of sp³-hybridized carbons (Fsp3) is 0.562. The number of piperidine rings is 1. The van der Waals surface area contributed by atoms with E-state index in [-0.39, 0.29) is 18.1 Å². The molecule has 21 heavy (non-hydrogen) atoms. The van der Waals surface area contributed by atoms with Crippen molar-refractivity contribution in [3.63, 3.8) is 0 Å². The Kier molecular flexibility index (Phi) is 4.42. The van der Waals surface area contributed by atoms with Gasteiger partial charge in [0.05, 0.1) is 12.1 Å². The largest absolute Gasteiger partial charge is 0.363 e. The van der Waals surface area contributed by atoms with Crippen molar-refractivity contribution in [2.24, 2.45) is 0 Å². The predicted octanol–water partition coefficient (Wildman–Crippen LogP) is 2.13. The average Bonchev–Trinajstić information content (AvgIpc) is 2.99. The number of likely N-dealkylation sites (tertiary alicyclic amines) is 1. The highest BCUT2D eigenvalue weighted by Crippen LogP contribution is 2.31. The number of hydrogen-bond donors (Lipinski definition) is 0. The van der Waals surface area contributed by atoms with Gasteiger partial charge in [-0.3, -0.25) is 9.69 Å². The molecular formula is C16H22N2O2S. The number of carbonyl (C=O) groups excluding carboxylic acids is 1. The SMILES string of the molecule is C=CCN1CC2(CCN(Cc3ccsc3)CC2)OCC1=O. The highest BCUT2D eigenvalue weighted by Gasteiger charge is 2.41. The molecule has 1 amide bonds. The van der Waals surface area contributed by atoms with Gasteiger partial charge in [-0.2, -0.15) is 11.3 Å². The molecule has 2 fully saturated rings. The van der Waals surface area contributed by atoms with Crippen molar-refractivity contribution in [2.45, 2.75) is 25.0 Å². The minimum absolute atomic E-state index is 0.0845. The highest BCUT2D eigenvalue weighted by atomic mass is 32.1. The molecule has 0 atom stereocenters. The molecule has 1 aromatic heterocycles. The molecule has 114 valence electrons. The molecule has 3 heterocycles. The summed E-state index contributed by atoms with van der Waals surface area (Å²) in [6.45, 7) is 8.39. The van der Waals surface area contributed by atoms with Crippen LogP contribution in [0.5, 0.6) is 0 Å². The van der Waals surface area contributed by atoms with Gasteiger partial charge in [0.25, 0.3) is 0 Å². The summed E-state index contributed by atoms with van der Waals surface area (Å²) in [6.07, 6.45) is 3.79. The van der Waals surface area contributed by atoms with E-state index in [4.69, 9.17) is 4.74 Å². The summed E-state index contributed by atoms with van der Waals surface area (Å²) in [7, 11) is 0. The molecule has 5 heteroatoms. The number of ether oxygens (including phenoxy) is 1. The molecular weight excluding hydrogens is 284 g/mol. The first-order valence-corrected chi connectivity index (χ1v) is 8.41. The molecule has 1 aromatic rings. The van der Waals surface area contributed by atoms with Gasteiger partial charge in [0, 0.05) is 26.2 Å². The summed E-state index contributed by atoms with van der Waals surface area (Å²) in [6, 6.07) is 2.19. The van der Waals surface area contributed by atoms with Crippen LogP contribution in [0.3, 0.4) is 0 Å². The van der Waals surface area contributed by atoms with Crippen molar-refractivity contribution in [1.82, 2.24) is 9.80 Å². The predicted molar refractivity (Wildman–Crippen MR) is 84.3 cm³/mol. The van der Waals surface area contributed by atoms with E-state index in [1.807, 2.05) is 4.90 Å². The van der Waals surface area contributed by atoms with Gasteiger partial charge >= 0.3 is 0 Å². The molecule has 0 unspecified atom stereocenters. The number of rotatable bonds is 4. The summed E-state index contributed by atoms with van der Waals surface area (Å²) < 4.78 is 5.93. The Morgan fingerprint density at radius 3 is 2.90 bits per heavy atom. The second-order valence-corrected chi connectivity index (χ2v) is 6.72. The Morgan fingerprint density at radius 2 is 2.24 bits per heavy atom. The van der Waals surface area contributed by atoms with Gasteiger partial charge < -0.3 is 9.64 Å². The van der Waals surface area contributed by atoms with E-state index in [0.29, 0.717) is 13.1 Å². The van der Waals surface area contributed by atoms with Gasteiger partial charge in [0.15, 0.2) is 0 Å². The summed E-state index contributed by atoms with van der Waals surface area (Å²) in [5, 5.41) is 4.34. The molecule has 3 rings (SSSR count). The number of morpholine rings is 1. The molecule has 1 spiro atoms. The van der Waals surface area contributed by atoms with Crippen molar-refractivity contribution in [2.75, 3.05) is 32.8 Å². The topological polar surface area (TPSA) is 32.8 Å². The molecule has 0 radical (unpaired) electrons. The normalized spacial score (nSPS) is 22.7. The maximum atomic E-state index is 11.8. The molecule has 2 aliphatic rings. The number of amides is 1. The van der Waals surface area contributed by atoms with E-state index in [2.05, 4.69) is 28.3 Å². The van der Waals surface area contributed by atoms with Gasteiger partial charge in [0.1, 0.15) is 6.61 Å². The van der Waals surface area contributed by atoms with Crippen LogP contribution in [-0.2, 0) is 16.1 Å². The van der Waals surface area contributed by atoms with E-state index in [1.165, 1.54) is 5.56 Å². The fourth-order valence-corrected chi connectivity index (χ4v) is 3.83. The zero-order chi connectivity index (χ0) is 14.7. The molecule has 0 aromatic carbocycles. The second-order valence-electron chi connectivity index (χ2n) is 5.94. The Bertz CT molecular complexity index is 492. The van der Waals surface area contributed by atoms with Crippen LogP contribution in [0, 0.1) is 0 Å². The number of nitrogens with zero attached hydrogens (tertiary/aromatic N) is 2. The Morgan fingerprint density at radius 1 is 1.43 bits per heavy atom. The Hall–Kier alpha value is -1.17. The van der Waals surface area contributed by atoms with Crippen LogP contribution in [0.25, 0.3) is 0 Å². The van der Waals surface area contributed by atoms with Crippen LogP contribution in [0.15, 0.2) is 29.5 Å². The second kappa shape index (κ2) is 6.30. The molecule has 0 bridgehead atoms. The van der Waals surface area contributed by atoms with Crippen LogP contribution in [-0.4, -0.2) is 54.1 Å². The number of hydrogen-bond acceptors (Lipinski definition) is 4. The lowest BCUT2D eigenvalue weighted by Gasteiger charge is -2.46. The van der Waals surface area contributed by atoms with Gasteiger partial charge in [-0.1, -0.05) is 6.08 Å². The molecule has 0 saturated carbocycles. The Balaban J connectivity index is 1.56. The molecule has 4 nitrogen and oxygen atoms in total. The third-order valence-electron chi connectivity index (χ3n) is 4.44. The third kappa shape index (κ3) is 3.36. The minimum atomic E-state index is -0.137. The molecule has 2 aliphatic heterocycles. The fourth-order valence-electron chi connectivity index (χ4n) is 3.17. The molecule has 0 N–H and O–H groups in total. The van der Waals surface area contributed by atoms with Crippen LogP contribution in [0.1, 0.15) is 18.4 Å². The zero-order valence-corrected chi connectivity index (χ0v) is 13.1. The van der Waals surface area contributed by atoms with Gasteiger partial charge in [0.2, 0.25) is 5.91 Å². The monoisotopic (exact) mass is 306 g/mol. The first-order valence-electron chi connectivity index (χ1n) is 7.47. The maximum absolute atomic E-state index is 11.8. The van der Waals surface area contributed by atoms with Gasteiger partial charge in [-0.25, -0.2) is 0 Å². The van der Waals surface area contributed by atoms with E-state index < -0.39 is 0 Å². The highest BCUT2D eigenvalue weighted by molar-refractivity contribution is 7.07. The zero-order valence-electron chi connectivity index (χ0n) is 12.3. The van der Waals surface area contributed by atoms with E-state index in [9.17, 15) is 4.79 Å². The first kappa shape index (κ1) is 14.8. The van der Waals surface area contributed by atoms with Gasteiger partial charge in [-0.05, 0) is 35.2 Å². The summed E-state index contributed by atoms with van der Waals surface area (Å²) in [5.41, 5.74) is 1.26. The van der Waals surface area contributed by atoms with Crippen LogP contribution in [0.4, 0.5) is 0 Å². The van der Waals surface area contributed by atoms with E-state index in [0.717, 1.165) is 32.5 Å². The lowest BCUT2D eigenvalue weighted by molar-refractivity contribution is -0.170. The quantitative estimate of drug-likeness (QED) is 0.799. The molecule has 2 saturated heterocycles. The van der Waals surface area contributed by atoms with Crippen molar-refractivity contribution in [3.05, 3.63) is 35.0 Å². The van der Waals surface area contributed by atoms with Crippen molar-refractivity contribution < 1.29 is 9.53 Å². The average molecular weight is 306 g/mol. The number of thiophene rings is 1. The van der Waals surface area contributed by atoms with Crippen molar-refractivity contribution in [1.29, 1.82) is 0 Å². The lowest BCUT2D eigenvalue weighted by Crippen LogP contribution is -2.58. The smallest absolute Gasteiger partial charge is 0.248 e. The lowest BCUT2D eigenvalue weighted by atomic mass is 9.89. The van der Waals surface area contributed by atoms with Crippen LogP contribution < -0.4 is 0 Å². The summed E-state index contributed by atoms with van der Waals surface area (Å²) in [5.74, 6) is 0.0845.